The van der Waals surface area contributed by atoms with Crippen molar-refractivity contribution in [3.63, 3.8) is 0 Å². The molecule has 0 bridgehead atoms. The molecular formula is C17H13ClO3. The van der Waals surface area contributed by atoms with Crippen LogP contribution in [0.5, 0.6) is 11.5 Å². The minimum atomic E-state index is -0.0908. The standard InChI is InChI=1S/C17H13ClO3/c18-14-3-1-2-12(10-14)4-6-15(19)13-5-7-16-17(11-13)21-9-8-20-16/h1-7,10-11H,8-9H2. The number of hydrogen-bond donors (Lipinski definition) is 0. The lowest BCUT2D eigenvalue weighted by molar-refractivity contribution is 0.104. The number of fused-ring (bicyclic) bond motifs is 1. The summed E-state index contributed by atoms with van der Waals surface area (Å²) in [4.78, 5) is 12.2. The second-order valence-corrected chi connectivity index (χ2v) is 5.05. The lowest BCUT2D eigenvalue weighted by atomic mass is 10.1. The molecule has 0 aromatic heterocycles. The first-order valence-corrected chi connectivity index (χ1v) is 6.98. The Labute approximate surface area is 127 Å². The fraction of sp³-hybridized carbons (Fsp3) is 0.118. The van der Waals surface area contributed by atoms with Crippen LogP contribution in [-0.2, 0) is 0 Å². The van der Waals surface area contributed by atoms with E-state index < -0.39 is 0 Å². The summed E-state index contributed by atoms with van der Waals surface area (Å²) in [7, 11) is 0. The van der Waals surface area contributed by atoms with Gasteiger partial charge in [-0.2, -0.15) is 0 Å². The summed E-state index contributed by atoms with van der Waals surface area (Å²) >= 11 is 5.91. The van der Waals surface area contributed by atoms with Crippen LogP contribution in [0.25, 0.3) is 6.08 Å². The van der Waals surface area contributed by atoms with E-state index in [1.165, 1.54) is 6.08 Å². The molecule has 2 aromatic carbocycles. The molecule has 0 N–H and O–H groups in total. The molecule has 21 heavy (non-hydrogen) atoms. The first kappa shape index (κ1) is 13.7. The zero-order valence-corrected chi connectivity index (χ0v) is 12.0. The van der Waals surface area contributed by atoms with E-state index in [-0.39, 0.29) is 5.78 Å². The normalized spacial score (nSPS) is 13.4. The summed E-state index contributed by atoms with van der Waals surface area (Å²) in [5.41, 5.74) is 1.45. The van der Waals surface area contributed by atoms with Gasteiger partial charge in [0.2, 0.25) is 0 Å². The average molecular weight is 301 g/mol. The Morgan fingerprint density at radius 3 is 2.67 bits per heavy atom. The molecule has 0 unspecified atom stereocenters. The zero-order chi connectivity index (χ0) is 14.7. The van der Waals surface area contributed by atoms with E-state index in [9.17, 15) is 4.79 Å². The summed E-state index contributed by atoms with van der Waals surface area (Å²) < 4.78 is 10.9. The topological polar surface area (TPSA) is 35.5 Å². The molecule has 3 nitrogen and oxygen atoms in total. The molecule has 0 atom stereocenters. The van der Waals surface area contributed by atoms with E-state index in [0.717, 1.165) is 5.56 Å². The first-order chi connectivity index (χ1) is 10.2. The van der Waals surface area contributed by atoms with Crippen LogP contribution < -0.4 is 9.47 Å². The fourth-order valence-corrected chi connectivity index (χ4v) is 2.27. The van der Waals surface area contributed by atoms with Crippen molar-refractivity contribution in [1.29, 1.82) is 0 Å². The molecule has 1 aliphatic heterocycles. The van der Waals surface area contributed by atoms with Gasteiger partial charge in [0.1, 0.15) is 13.2 Å². The molecule has 0 saturated heterocycles. The molecule has 3 rings (SSSR count). The summed E-state index contributed by atoms with van der Waals surface area (Å²) in [5, 5.41) is 0.643. The van der Waals surface area contributed by atoms with E-state index >= 15 is 0 Å². The number of rotatable bonds is 3. The maximum Gasteiger partial charge on any atom is 0.185 e. The Kier molecular flexibility index (Phi) is 3.93. The quantitative estimate of drug-likeness (QED) is 0.635. The van der Waals surface area contributed by atoms with Crippen LogP contribution in [0, 0.1) is 0 Å². The van der Waals surface area contributed by atoms with Crippen LogP contribution in [-0.4, -0.2) is 19.0 Å². The maximum absolute atomic E-state index is 12.2. The van der Waals surface area contributed by atoms with E-state index in [1.54, 1.807) is 36.4 Å². The Bertz CT molecular complexity index is 707. The van der Waals surface area contributed by atoms with Crippen molar-refractivity contribution >= 4 is 23.5 Å². The summed E-state index contributed by atoms with van der Waals surface area (Å²) in [5.74, 6) is 1.20. The van der Waals surface area contributed by atoms with Gasteiger partial charge in [0, 0.05) is 10.6 Å². The van der Waals surface area contributed by atoms with Gasteiger partial charge in [0.25, 0.3) is 0 Å². The van der Waals surface area contributed by atoms with Gasteiger partial charge >= 0.3 is 0 Å². The summed E-state index contributed by atoms with van der Waals surface area (Å²) in [6.07, 6.45) is 3.27. The van der Waals surface area contributed by atoms with Crippen molar-refractivity contribution in [2.24, 2.45) is 0 Å². The van der Waals surface area contributed by atoms with E-state index in [0.29, 0.717) is 35.3 Å². The van der Waals surface area contributed by atoms with Crippen LogP contribution in [0.3, 0.4) is 0 Å². The molecule has 2 aromatic rings. The fourth-order valence-electron chi connectivity index (χ4n) is 2.08. The lowest BCUT2D eigenvalue weighted by Gasteiger charge is -2.18. The molecule has 0 amide bonds. The van der Waals surface area contributed by atoms with Gasteiger partial charge in [-0.1, -0.05) is 29.8 Å². The Hall–Kier alpha value is -2.26. The molecule has 106 valence electrons. The van der Waals surface area contributed by atoms with Gasteiger partial charge < -0.3 is 9.47 Å². The smallest absolute Gasteiger partial charge is 0.185 e. The van der Waals surface area contributed by atoms with Crippen molar-refractivity contribution in [2.75, 3.05) is 13.2 Å². The SMILES string of the molecule is O=C(C=Cc1cccc(Cl)c1)c1ccc2c(c1)OCCO2. The van der Waals surface area contributed by atoms with Crippen LogP contribution in [0.4, 0.5) is 0 Å². The number of ether oxygens (including phenoxy) is 2. The molecule has 0 aliphatic carbocycles. The predicted octanol–water partition coefficient (Wildman–Crippen LogP) is 4.01. The number of allylic oxidation sites excluding steroid dienone is 1. The molecule has 1 aliphatic rings. The molecule has 1 heterocycles. The number of carbonyl (C=O) groups is 1. The number of benzene rings is 2. The third-order valence-corrected chi connectivity index (χ3v) is 3.34. The molecule has 4 heteroatoms. The maximum atomic E-state index is 12.2. The Morgan fingerprint density at radius 1 is 1.05 bits per heavy atom. The van der Waals surface area contributed by atoms with Crippen molar-refractivity contribution in [3.05, 3.63) is 64.7 Å². The first-order valence-electron chi connectivity index (χ1n) is 6.60. The predicted molar refractivity (Wildman–Crippen MR) is 82.2 cm³/mol. The minimum Gasteiger partial charge on any atom is -0.486 e. The van der Waals surface area contributed by atoms with Crippen LogP contribution in [0.2, 0.25) is 5.02 Å². The van der Waals surface area contributed by atoms with Gasteiger partial charge in [-0.15, -0.1) is 0 Å². The highest BCUT2D eigenvalue weighted by Gasteiger charge is 2.13. The van der Waals surface area contributed by atoms with Crippen molar-refractivity contribution in [3.8, 4) is 11.5 Å². The summed E-state index contributed by atoms with van der Waals surface area (Å²) in [6, 6.07) is 12.5. The second-order valence-electron chi connectivity index (χ2n) is 4.61. The van der Waals surface area contributed by atoms with E-state index in [2.05, 4.69) is 0 Å². The highest BCUT2D eigenvalue weighted by molar-refractivity contribution is 6.30. The highest BCUT2D eigenvalue weighted by Crippen LogP contribution is 2.31. The molecule has 0 saturated carbocycles. The van der Waals surface area contributed by atoms with Gasteiger partial charge in [0.15, 0.2) is 17.3 Å². The lowest BCUT2D eigenvalue weighted by Crippen LogP contribution is -2.15. The second kappa shape index (κ2) is 6.02. The monoisotopic (exact) mass is 300 g/mol. The van der Waals surface area contributed by atoms with E-state index in [1.807, 2.05) is 12.1 Å². The number of carbonyl (C=O) groups excluding carboxylic acids is 1. The van der Waals surface area contributed by atoms with Gasteiger partial charge in [-0.25, -0.2) is 0 Å². The molecule has 0 spiro atoms. The van der Waals surface area contributed by atoms with Crippen LogP contribution in [0.15, 0.2) is 48.5 Å². The minimum absolute atomic E-state index is 0.0908. The highest BCUT2D eigenvalue weighted by atomic mass is 35.5. The number of halogens is 1. The van der Waals surface area contributed by atoms with Gasteiger partial charge in [0.05, 0.1) is 0 Å². The van der Waals surface area contributed by atoms with Crippen molar-refractivity contribution in [1.82, 2.24) is 0 Å². The van der Waals surface area contributed by atoms with E-state index in [4.69, 9.17) is 21.1 Å². The van der Waals surface area contributed by atoms with Gasteiger partial charge in [-0.05, 0) is 42.0 Å². The van der Waals surface area contributed by atoms with Crippen LogP contribution in [0.1, 0.15) is 15.9 Å². The van der Waals surface area contributed by atoms with Crippen molar-refractivity contribution in [2.45, 2.75) is 0 Å². The van der Waals surface area contributed by atoms with Crippen LogP contribution >= 0.6 is 11.6 Å². The average Bonchev–Trinajstić information content (AvgIpc) is 2.52. The third kappa shape index (κ3) is 3.26. The van der Waals surface area contributed by atoms with Crippen molar-refractivity contribution < 1.29 is 14.3 Å². The Morgan fingerprint density at radius 2 is 1.86 bits per heavy atom. The third-order valence-electron chi connectivity index (χ3n) is 3.10. The summed E-state index contributed by atoms with van der Waals surface area (Å²) in [6.45, 7) is 1.04. The molecule has 0 fully saturated rings. The van der Waals surface area contributed by atoms with Gasteiger partial charge in [-0.3, -0.25) is 4.79 Å². The molecular weight excluding hydrogens is 288 g/mol. The molecule has 0 radical (unpaired) electrons. The number of hydrogen-bond acceptors (Lipinski definition) is 3. The largest absolute Gasteiger partial charge is 0.486 e. The zero-order valence-electron chi connectivity index (χ0n) is 11.2. The number of ketones is 1. The Balaban J connectivity index is 1.79.